The zero-order valence-corrected chi connectivity index (χ0v) is 18.7. The summed E-state index contributed by atoms with van der Waals surface area (Å²) in [6.45, 7) is 0.306. The number of nitrogens with zero attached hydrogens (tertiary/aromatic N) is 3. The number of hydrogen-bond donors (Lipinski definition) is 3. The molecule has 30 heavy (non-hydrogen) atoms. The topological polar surface area (TPSA) is 139 Å². The second-order valence-corrected chi connectivity index (χ2v) is 10.8. The number of nitrogens with two attached hydrogens (primary N) is 1. The second kappa shape index (κ2) is 9.06. The van der Waals surface area contributed by atoms with Crippen molar-refractivity contribution >= 4 is 64.0 Å². The maximum absolute atomic E-state index is 12.7. The van der Waals surface area contributed by atoms with Gasteiger partial charge in [-0.1, -0.05) is 29.2 Å². The van der Waals surface area contributed by atoms with E-state index in [0.29, 0.717) is 33.0 Å². The standard InChI is InChI=1S/C17H17N5O4S4/c18-5-11-20-21-17(30-11)29-7-8-6-28-15-12(14(24)22(15)13(8)16(25)26)19-10(23)4-9-2-1-3-27-9/h1-3,12,15H,4-7,18H2,(H,19,23)(H,25,26)/t12?,15-/m0/s1. The zero-order chi connectivity index (χ0) is 21.3. The third-order valence-electron chi connectivity index (χ3n) is 4.47. The smallest absolute Gasteiger partial charge is 0.352 e. The first-order valence-electron chi connectivity index (χ1n) is 8.85. The summed E-state index contributed by atoms with van der Waals surface area (Å²) in [6.07, 6.45) is 0.203. The predicted molar refractivity (Wildman–Crippen MR) is 116 cm³/mol. The number of carboxylic acids is 1. The maximum Gasteiger partial charge on any atom is 0.352 e. The van der Waals surface area contributed by atoms with E-state index in [0.717, 1.165) is 4.88 Å². The van der Waals surface area contributed by atoms with Crippen molar-refractivity contribution in [1.82, 2.24) is 20.4 Å². The van der Waals surface area contributed by atoms with Crippen molar-refractivity contribution in [2.45, 2.75) is 28.7 Å². The fourth-order valence-electron chi connectivity index (χ4n) is 3.12. The molecule has 2 atom stereocenters. The van der Waals surface area contributed by atoms with Crippen LogP contribution in [0.5, 0.6) is 0 Å². The van der Waals surface area contributed by atoms with Crippen molar-refractivity contribution in [3.63, 3.8) is 0 Å². The summed E-state index contributed by atoms with van der Waals surface area (Å²) in [5, 5.41) is 22.6. The zero-order valence-electron chi connectivity index (χ0n) is 15.4. The van der Waals surface area contributed by atoms with Crippen molar-refractivity contribution in [2.75, 3.05) is 11.5 Å². The monoisotopic (exact) mass is 483 g/mol. The van der Waals surface area contributed by atoms with E-state index in [2.05, 4.69) is 15.5 Å². The van der Waals surface area contributed by atoms with Gasteiger partial charge in [0.25, 0.3) is 5.91 Å². The molecular weight excluding hydrogens is 466 g/mol. The van der Waals surface area contributed by atoms with Crippen LogP contribution in [0, 0.1) is 0 Å². The number of carbonyl (C=O) groups excluding carboxylic acids is 2. The van der Waals surface area contributed by atoms with Crippen molar-refractivity contribution in [3.8, 4) is 0 Å². The van der Waals surface area contributed by atoms with E-state index in [4.69, 9.17) is 5.73 Å². The number of fused-ring (bicyclic) bond motifs is 1. The van der Waals surface area contributed by atoms with Crippen molar-refractivity contribution < 1.29 is 19.5 Å². The van der Waals surface area contributed by atoms with E-state index in [9.17, 15) is 19.5 Å². The van der Waals surface area contributed by atoms with Gasteiger partial charge in [0.1, 0.15) is 22.1 Å². The summed E-state index contributed by atoms with van der Waals surface area (Å²) in [6, 6.07) is 3.02. The number of hydrogen-bond acceptors (Lipinski definition) is 10. The Hall–Kier alpha value is -1.93. The van der Waals surface area contributed by atoms with Crippen LogP contribution in [0.15, 0.2) is 33.1 Å². The summed E-state index contributed by atoms with van der Waals surface area (Å²) in [5.74, 6) is -0.937. The van der Waals surface area contributed by atoms with Crippen LogP contribution in [0.4, 0.5) is 0 Å². The van der Waals surface area contributed by atoms with Gasteiger partial charge in [0.2, 0.25) is 5.91 Å². The molecule has 4 heterocycles. The van der Waals surface area contributed by atoms with Crippen LogP contribution in [-0.4, -0.2) is 60.9 Å². The lowest BCUT2D eigenvalue weighted by atomic mass is 10.0. The van der Waals surface area contributed by atoms with E-state index in [1.54, 1.807) is 0 Å². The number of rotatable bonds is 8. The molecule has 158 valence electrons. The minimum atomic E-state index is -1.15. The van der Waals surface area contributed by atoms with Gasteiger partial charge < -0.3 is 16.2 Å². The van der Waals surface area contributed by atoms with Crippen molar-refractivity contribution in [1.29, 1.82) is 0 Å². The van der Waals surface area contributed by atoms with Crippen LogP contribution in [0.3, 0.4) is 0 Å². The lowest BCUT2D eigenvalue weighted by molar-refractivity contribution is -0.150. The highest BCUT2D eigenvalue weighted by atomic mass is 32.2. The van der Waals surface area contributed by atoms with E-state index in [1.807, 2.05) is 17.5 Å². The third kappa shape index (κ3) is 4.25. The summed E-state index contributed by atoms with van der Waals surface area (Å²) in [4.78, 5) is 39.0. The number of nitrogens with one attached hydrogen (secondary N) is 1. The Bertz CT molecular complexity index is 1010. The third-order valence-corrected chi connectivity index (χ3v) is 8.86. The Morgan fingerprint density at radius 2 is 2.23 bits per heavy atom. The molecule has 2 aliphatic heterocycles. The van der Waals surface area contributed by atoms with Gasteiger partial charge in [0, 0.05) is 22.9 Å². The molecule has 0 saturated carbocycles. The highest BCUT2D eigenvalue weighted by molar-refractivity contribution is 8.01. The maximum atomic E-state index is 12.7. The molecule has 0 spiro atoms. The first-order valence-corrected chi connectivity index (χ1v) is 12.6. The molecule has 9 nitrogen and oxygen atoms in total. The molecule has 1 fully saturated rings. The summed E-state index contributed by atoms with van der Waals surface area (Å²) < 4.78 is 0.702. The van der Waals surface area contributed by atoms with Crippen molar-refractivity contribution in [3.05, 3.63) is 38.7 Å². The minimum absolute atomic E-state index is 0.00331. The molecule has 0 aromatic carbocycles. The van der Waals surface area contributed by atoms with Gasteiger partial charge in [-0.15, -0.1) is 33.3 Å². The van der Waals surface area contributed by atoms with Crippen molar-refractivity contribution in [2.24, 2.45) is 5.73 Å². The Labute approximate surface area is 188 Å². The fraction of sp³-hybridized carbons (Fsp3) is 0.353. The second-order valence-electron chi connectivity index (χ2n) is 6.42. The molecule has 13 heteroatoms. The van der Waals surface area contributed by atoms with Crippen LogP contribution in [-0.2, 0) is 27.3 Å². The Balaban J connectivity index is 1.43. The number of carbonyl (C=O) groups is 3. The van der Waals surface area contributed by atoms with Crippen LogP contribution in [0.1, 0.15) is 9.88 Å². The predicted octanol–water partition coefficient (Wildman–Crippen LogP) is 1.13. The van der Waals surface area contributed by atoms with Crippen LogP contribution in [0.25, 0.3) is 0 Å². The number of carboxylic acid groups (broad SMARTS) is 1. The lowest BCUT2D eigenvalue weighted by Gasteiger charge is -2.49. The molecule has 1 unspecified atom stereocenters. The largest absolute Gasteiger partial charge is 0.477 e. The summed E-state index contributed by atoms with van der Waals surface area (Å²) in [7, 11) is 0. The Kier molecular flexibility index (Phi) is 6.43. The molecule has 2 amide bonds. The normalized spacial score (nSPS) is 20.7. The van der Waals surface area contributed by atoms with Gasteiger partial charge in [-0.3, -0.25) is 14.5 Å². The van der Waals surface area contributed by atoms with Crippen LogP contribution in [0.2, 0.25) is 0 Å². The van der Waals surface area contributed by atoms with E-state index >= 15 is 0 Å². The summed E-state index contributed by atoms with van der Waals surface area (Å²) in [5.41, 5.74) is 6.19. The molecule has 4 N–H and O–H groups in total. The molecule has 4 rings (SSSR count). The molecule has 2 aromatic heterocycles. The summed E-state index contributed by atoms with van der Waals surface area (Å²) >= 11 is 5.67. The molecule has 2 aromatic rings. The van der Waals surface area contributed by atoms with Gasteiger partial charge in [-0.05, 0) is 17.0 Å². The number of thioether (sulfide) groups is 2. The van der Waals surface area contributed by atoms with Gasteiger partial charge in [-0.25, -0.2) is 4.79 Å². The lowest BCUT2D eigenvalue weighted by Crippen LogP contribution is -2.70. The Morgan fingerprint density at radius 1 is 1.40 bits per heavy atom. The SMILES string of the molecule is NCc1nnc(SCC2=C(C(=O)O)N3C(=O)C(NC(=O)Cc4cccs4)[C@@H]3SC2)s1. The molecule has 1 saturated heterocycles. The first-order chi connectivity index (χ1) is 14.5. The number of aromatic nitrogens is 2. The Morgan fingerprint density at radius 3 is 2.90 bits per heavy atom. The average Bonchev–Trinajstić information content (AvgIpc) is 3.41. The van der Waals surface area contributed by atoms with E-state index < -0.39 is 23.3 Å². The quantitative estimate of drug-likeness (QED) is 0.372. The number of aliphatic carboxylic acids is 1. The molecule has 0 aliphatic carbocycles. The first kappa shape index (κ1) is 21.3. The molecular formula is C17H17N5O4S4. The van der Waals surface area contributed by atoms with Crippen LogP contribution < -0.4 is 11.1 Å². The molecule has 2 aliphatic rings. The van der Waals surface area contributed by atoms with Gasteiger partial charge in [0.15, 0.2) is 4.34 Å². The highest BCUT2D eigenvalue weighted by Crippen LogP contribution is 2.41. The van der Waals surface area contributed by atoms with Gasteiger partial charge in [0.05, 0.1) is 6.42 Å². The van der Waals surface area contributed by atoms with Crippen LogP contribution >= 0.6 is 46.2 Å². The molecule has 0 bridgehead atoms. The van der Waals surface area contributed by atoms with Gasteiger partial charge >= 0.3 is 5.97 Å². The minimum Gasteiger partial charge on any atom is -0.477 e. The number of β-lactam (4-membered cyclic amide) rings is 1. The van der Waals surface area contributed by atoms with E-state index in [1.165, 1.54) is 51.1 Å². The van der Waals surface area contributed by atoms with Gasteiger partial charge in [-0.2, -0.15) is 0 Å². The average molecular weight is 484 g/mol. The fourth-order valence-corrected chi connectivity index (χ4v) is 7.08. The number of thiophene rings is 1. The number of amides is 2. The highest BCUT2D eigenvalue weighted by Gasteiger charge is 2.54. The van der Waals surface area contributed by atoms with E-state index in [-0.39, 0.29) is 18.0 Å². The molecule has 0 radical (unpaired) electrons.